The summed E-state index contributed by atoms with van der Waals surface area (Å²) in [6, 6.07) is 5.37. The first-order valence-corrected chi connectivity index (χ1v) is 9.18. The molecular formula is C19H16ClF3N2O6. The lowest BCUT2D eigenvalue weighted by Gasteiger charge is -2.42. The average Bonchev–Trinajstić information content (AvgIpc) is 2.64. The first-order chi connectivity index (χ1) is 14.3. The second kappa shape index (κ2) is 7.89. The van der Waals surface area contributed by atoms with Gasteiger partial charge in [0, 0.05) is 16.7 Å². The van der Waals surface area contributed by atoms with Gasteiger partial charge in [0.15, 0.2) is 0 Å². The van der Waals surface area contributed by atoms with Crippen LogP contribution in [0.3, 0.4) is 0 Å². The number of nitrogens with one attached hydrogen (secondary N) is 1. The lowest BCUT2D eigenvalue weighted by Crippen LogP contribution is -2.53. The molecule has 0 saturated heterocycles. The van der Waals surface area contributed by atoms with Crippen LogP contribution in [0.15, 0.2) is 36.4 Å². The predicted octanol–water partition coefficient (Wildman–Crippen LogP) is 4.15. The maximum absolute atomic E-state index is 12.8. The summed E-state index contributed by atoms with van der Waals surface area (Å²) in [6.07, 6.45) is -6.36. The van der Waals surface area contributed by atoms with Crippen molar-refractivity contribution >= 4 is 23.2 Å². The summed E-state index contributed by atoms with van der Waals surface area (Å²) >= 11 is 5.76. The molecule has 2 N–H and O–H groups in total. The van der Waals surface area contributed by atoms with Crippen LogP contribution in [0, 0.1) is 10.1 Å². The average molecular weight is 461 g/mol. The maximum atomic E-state index is 12.8. The first kappa shape index (κ1) is 22.6. The van der Waals surface area contributed by atoms with Crippen molar-refractivity contribution in [1.29, 1.82) is 0 Å². The van der Waals surface area contributed by atoms with Gasteiger partial charge in [0.05, 0.1) is 11.0 Å². The maximum Gasteiger partial charge on any atom is 0.573 e. The van der Waals surface area contributed by atoms with E-state index in [-0.39, 0.29) is 21.9 Å². The second-order valence-corrected chi connectivity index (χ2v) is 7.70. The van der Waals surface area contributed by atoms with Crippen molar-refractivity contribution in [3.63, 3.8) is 0 Å². The molecule has 12 heteroatoms. The molecule has 1 amide bonds. The van der Waals surface area contributed by atoms with Crippen LogP contribution in [0.5, 0.6) is 11.5 Å². The van der Waals surface area contributed by atoms with Crippen LogP contribution in [-0.4, -0.2) is 34.0 Å². The number of rotatable bonds is 4. The number of alkyl halides is 3. The lowest BCUT2D eigenvalue weighted by atomic mass is 9.86. The number of hydrogen-bond acceptors (Lipinski definition) is 6. The lowest BCUT2D eigenvalue weighted by molar-refractivity contribution is -0.385. The summed E-state index contributed by atoms with van der Waals surface area (Å²) < 4.78 is 47.4. The van der Waals surface area contributed by atoms with Crippen LogP contribution in [0.2, 0.25) is 5.02 Å². The Balaban J connectivity index is 2.01. The molecule has 0 saturated carbocycles. The molecule has 2 aromatic carbocycles. The Morgan fingerprint density at radius 3 is 2.58 bits per heavy atom. The van der Waals surface area contributed by atoms with Gasteiger partial charge in [-0.25, -0.2) is 0 Å². The minimum absolute atomic E-state index is 0.0125. The molecule has 2 atom stereocenters. The Labute approximate surface area is 178 Å². The molecule has 0 aromatic heterocycles. The van der Waals surface area contributed by atoms with Crippen LogP contribution >= 0.6 is 11.6 Å². The van der Waals surface area contributed by atoms with Crippen molar-refractivity contribution < 1.29 is 37.5 Å². The third-order valence-corrected chi connectivity index (χ3v) is 4.87. The summed E-state index contributed by atoms with van der Waals surface area (Å²) in [5.41, 5.74) is -2.13. The van der Waals surface area contributed by atoms with E-state index in [1.165, 1.54) is 26.0 Å². The quantitative estimate of drug-likeness (QED) is 0.524. The Hall–Kier alpha value is -3.05. The molecule has 1 aliphatic rings. The normalized spacial score (nSPS) is 19.7. The van der Waals surface area contributed by atoms with Gasteiger partial charge in [-0.1, -0.05) is 11.6 Å². The summed E-state index contributed by atoms with van der Waals surface area (Å²) in [4.78, 5) is 23.3. The van der Waals surface area contributed by atoms with Crippen LogP contribution < -0.4 is 14.8 Å². The van der Waals surface area contributed by atoms with E-state index in [0.717, 1.165) is 24.3 Å². The third-order valence-electron chi connectivity index (χ3n) is 4.64. The summed E-state index contributed by atoms with van der Waals surface area (Å²) in [6.45, 7) is 3.04. The van der Waals surface area contributed by atoms with E-state index >= 15 is 0 Å². The zero-order valence-electron chi connectivity index (χ0n) is 16.1. The number of amides is 1. The molecule has 1 aliphatic heterocycles. The smallest absolute Gasteiger partial charge is 0.485 e. The van der Waals surface area contributed by atoms with Crippen LogP contribution in [0.4, 0.5) is 18.9 Å². The molecular weight excluding hydrogens is 445 g/mol. The summed E-state index contributed by atoms with van der Waals surface area (Å²) in [7, 11) is 0. The van der Waals surface area contributed by atoms with Gasteiger partial charge >= 0.3 is 6.36 Å². The molecule has 0 aliphatic carbocycles. The fourth-order valence-electron chi connectivity index (χ4n) is 3.20. The highest BCUT2D eigenvalue weighted by molar-refractivity contribution is 6.31. The topological polar surface area (TPSA) is 111 Å². The highest BCUT2D eigenvalue weighted by Crippen LogP contribution is 2.42. The van der Waals surface area contributed by atoms with Crippen LogP contribution in [0.1, 0.15) is 35.8 Å². The fourth-order valence-corrected chi connectivity index (χ4v) is 3.36. The van der Waals surface area contributed by atoms with Crippen molar-refractivity contribution in [2.45, 2.75) is 38.0 Å². The molecule has 1 heterocycles. The largest absolute Gasteiger partial charge is 0.573 e. The number of nitro benzene ring substituents is 1. The molecule has 0 spiro atoms. The third kappa shape index (κ3) is 4.83. The van der Waals surface area contributed by atoms with Crippen molar-refractivity contribution in [3.05, 3.63) is 62.7 Å². The van der Waals surface area contributed by atoms with Gasteiger partial charge in [0.25, 0.3) is 11.6 Å². The number of benzene rings is 2. The first-order valence-electron chi connectivity index (χ1n) is 8.80. The van der Waals surface area contributed by atoms with Crippen LogP contribution in [0.25, 0.3) is 0 Å². The van der Waals surface area contributed by atoms with Gasteiger partial charge in [-0.05, 0) is 44.2 Å². The second-order valence-electron chi connectivity index (χ2n) is 7.27. The standard InChI is InChI=1S/C19H16ClF3N2O6/c1-18(2)16(26)15(12-8-10(30-19(21,22)23)4-6-14(12)31-18)24-17(27)11-5-3-9(20)7-13(11)25(28)29/h3-8,15-16,26H,1-2H3,(H,24,27)/t15-,16+/m1/s1. The molecule has 2 aromatic rings. The van der Waals surface area contributed by atoms with Crippen LogP contribution in [-0.2, 0) is 0 Å². The van der Waals surface area contributed by atoms with Gasteiger partial charge in [-0.2, -0.15) is 0 Å². The van der Waals surface area contributed by atoms with E-state index in [4.69, 9.17) is 16.3 Å². The zero-order chi connectivity index (χ0) is 23.1. The number of ether oxygens (including phenoxy) is 2. The minimum Gasteiger partial charge on any atom is -0.485 e. The number of fused-ring (bicyclic) bond motifs is 1. The van der Waals surface area contributed by atoms with Crippen molar-refractivity contribution in [1.82, 2.24) is 5.32 Å². The highest BCUT2D eigenvalue weighted by Gasteiger charge is 2.44. The fraction of sp³-hybridized carbons (Fsp3) is 0.316. The van der Waals surface area contributed by atoms with Crippen molar-refractivity contribution in [3.8, 4) is 11.5 Å². The number of nitrogens with zero attached hydrogens (tertiary/aromatic N) is 1. The molecule has 31 heavy (non-hydrogen) atoms. The number of aliphatic hydroxyl groups excluding tert-OH is 1. The molecule has 3 rings (SSSR count). The van der Waals surface area contributed by atoms with E-state index < -0.39 is 46.4 Å². The molecule has 0 fully saturated rings. The van der Waals surface area contributed by atoms with Gasteiger partial charge in [-0.3, -0.25) is 14.9 Å². The van der Waals surface area contributed by atoms with E-state index in [2.05, 4.69) is 10.1 Å². The van der Waals surface area contributed by atoms with E-state index in [1.807, 2.05) is 0 Å². The van der Waals surface area contributed by atoms with Gasteiger partial charge < -0.3 is 19.9 Å². The zero-order valence-corrected chi connectivity index (χ0v) is 16.8. The van der Waals surface area contributed by atoms with E-state index in [9.17, 15) is 33.2 Å². The summed E-state index contributed by atoms with van der Waals surface area (Å²) in [5.74, 6) is -1.41. The highest BCUT2D eigenvalue weighted by atomic mass is 35.5. The molecule has 0 radical (unpaired) electrons. The summed E-state index contributed by atoms with van der Waals surface area (Å²) in [5, 5.41) is 24.5. The Morgan fingerprint density at radius 1 is 1.29 bits per heavy atom. The number of halogens is 4. The van der Waals surface area contributed by atoms with Gasteiger partial charge in [0.1, 0.15) is 28.8 Å². The number of aliphatic hydroxyl groups is 1. The monoisotopic (exact) mass is 460 g/mol. The molecule has 0 unspecified atom stereocenters. The number of hydrogen-bond donors (Lipinski definition) is 2. The Kier molecular flexibility index (Phi) is 5.76. The number of carbonyl (C=O) groups is 1. The van der Waals surface area contributed by atoms with Gasteiger partial charge in [-0.15, -0.1) is 13.2 Å². The Bertz CT molecular complexity index is 1040. The van der Waals surface area contributed by atoms with Crippen molar-refractivity contribution in [2.75, 3.05) is 0 Å². The molecule has 166 valence electrons. The SMILES string of the molecule is CC1(C)Oc2ccc(OC(F)(F)F)cc2[C@@H](NC(=O)c2ccc(Cl)cc2[N+](=O)[O-])[C@@H]1O. The molecule has 8 nitrogen and oxygen atoms in total. The number of nitro groups is 1. The Morgan fingerprint density at radius 2 is 1.97 bits per heavy atom. The van der Waals surface area contributed by atoms with Crippen molar-refractivity contribution in [2.24, 2.45) is 0 Å². The van der Waals surface area contributed by atoms with Gasteiger partial charge in [0.2, 0.25) is 0 Å². The minimum atomic E-state index is -4.95. The molecule has 0 bridgehead atoms. The predicted molar refractivity (Wildman–Crippen MR) is 102 cm³/mol. The number of carbonyl (C=O) groups excluding carboxylic acids is 1. The van der Waals surface area contributed by atoms with E-state index in [1.54, 1.807) is 0 Å². The van der Waals surface area contributed by atoms with E-state index in [0.29, 0.717) is 0 Å².